The van der Waals surface area contributed by atoms with Crippen molar-refractivity contribution in [1.82, 2.24) is 14.7 Å². The van der Waals surface area contributed by atoms with Crippen molar-refractivity contribution in [3.63, 3.8) is 0 Å². The molecule has 0 aliphatic rings. The van der Waals surface area contributed by atoms with Crippen molar-refractivity contribution >= 4 is 0 Å². The summed E-state index contributed by atoms with van der Waals surface area (Å²) in [5.74, 6) is 1.15. The van der Waals surface area contributed by atoms with Crippen LogP contribution in [0, 0.1) is 0 Å². The maximum Gasteiger partial charge on any atom is 0.250 e. The molecule has 0 amide bonds. The van der Waals surface area contributed by atoms with Gasteiger partial charge in [-0.1, -0.05) is 41.6 Å². The van der Waals surface area contributed by atoms with E-state index in [9.17, 15) is 4.79 Å². The summed E-state index contributed by atoms with van der Waals surface area (Å²) in [5.41, 5.74) is 1.23. The normalized spacial score (nSPS) is 10.7. The maximum absolute atomic E-state index is 11.6. The van der Waals surface area contributed by atoms with Crippen molar-refractivity contribution in [3.8, 4) is 0 Å². The highest BCUT2D eigenvalue weighted by Crippen LogP contribution is 2.07. The molecule has 0 saturated heterocycles. The van der Waals surface area contributed by atoms with Gasteiger partial charge in [0, 0.05) is 18.7 Å². The first-order valence-corrected chi connectivity index (χ1v) is 7.32. The molecule has 0 spiro atoms. The molecule has 3 aromatic rings. The number of nitrogens with zero attached hydrogens (tertiary/aromatic N) is 3. The molecule has 0 radical (unpaired) electrons. The van der Waals surface area contributed by atoms with E-state index in [1.54, 1.807) is 22.9 Å². The number of pyridine rings is 1. The molecule has 2 heterocycles. The van der Waals surface area contributed by atoms with Gasteiger partial charge in [-0.25, -0.2) is 0 Å². The molecule has 0 aliphatic heterocycles. The fourth-order valence-corrected chi connectivity index (χ4v) is 2.29. The number of hydrogen-bond acceptors (Lipinski definition) is 4. The topological polar surface area (TPSA) is 60.9 Å². The number of hydrogen-bond donors (Lipinski definition) is 0. The lowest BCUT2D eigenvalue weighted by atomic mass is 10.1. The molecule has 22 heavy (non-hydrogen) atoms. The zero-order valence-electron chi connectivity index (χ0n) is 12.2. The maximum atomic E-state index is 11.6. The molecule has 0 bridgehead atoms. The van der Waals surface area contributed by atoms with Crippen molar-refractivity contribution < 1.29 is 4.52 Å². The third-order valence-electron chi connectivity index (χ3n) is 3.42. The Morgan fingerprint density at radius 1 is 1.00 bits per heavy atom. The molecule has 5 heteroatoms. The summed E-state index contributed by atoms with van der Waals surface area (Å²) in [7, 11) is 0. The first-order chi connectivity index (χ1) is 10.8. The van der Waals surface area contributed by atoms with Crippen LogP contribution in [-0.4, -0.2) is 14.7 Å². The molecule has 1 aromatic carbocycles. The van der Waals surface area contributed by atoms with Crippen LogP contribution in [0.1, 0.15) is 23.7 Å². The molecule has 0 fully saturated rings. The number of aryl methyl sites for hydroxylation is 2. The Bertz CT molecular complexity index is 778. The first kappa shape index (κ1) is 14.3. The third-order valence-corrected chi connectivity index (χ3v) is 3.42. The summed E-state index contributed by atoms with van der Waals surface area (Å²) in [6, 6.07) is 15.4. The van der Waals surface area contributed by atoms with Gasteiger partial charge in [-0.05, 0) is 24.5 Å². The average Bonchev–Trinajstić information content (AvgIpc) is 2.98. The summed E-state index contributed by atoms with van der Waals surface area (Å²) in [6.45, 7) is 0.311. The van der Waals surface area contributed by atoms with Crippen molar-refractivity contribution in [3.05, 3.63) is 82.4 Å². The molecular weight excluding hydrogens is 278 g/mol. The van der Waals surface area contributed by atoms with Crippen LogP contribution in [0.25, 0.3) is 0 Å². The Labute approximate surface area is 128 Å². The molecule has 3 rings (SSSR count). The Morgan fingerprint density at radius 3 is 2.64 bits per heavy atom. The van der Waals surface area contributed by atoms with E-state index in [1.165, 1.54) is 11.6 Å². The quantitative estimate of drug-likeness (QED) is 0.701. The van der Waals surface area contributed by atoms with Crippen LogP contribution in [-0.2, 0) is 19.4 Å². The van der Waals surface area contributed by atoms with Crippen LogP contribution >= 0.6 is 0 Å². The van der Waals surface area contributed by atoms with Crippen LogP contribution in [0.2, 0.25) is 0 Å². The van der Waals surface area contributed by atoms with Crippen LogP contribution < -0.4 is 5.56 Å². The highest BCUT2D eigenvalue weighted by Gasteiger charge is 2.07. The lowest BCUT2D eigenvalue weighted by molar-refractivity contribution is 0.364. The van der Waals surface area contributed by atoms with E-state index < -0.39 is 0 Å². The second kappa shape index (κ2) is 6.85. The smallest absolute Gasteiger partial charge is 0.250 e. The largest absolute Gasteiger partial charge is 0.337 e. The molecular formula is C17H17N3O2. The van der Waals surface area contributed by atoms with Crippen LogP contribution in [0.15, 0.2) is 64.0 Å². The van der Waals surface area contributed by atoms with E-state index in [4.69, 9.17) is 4.52 Å². The summed E-state index contributed by atoms with van der Waals surface area (Å²) in [4.78, 5) is 16.0. The molecule has 5 nitrogen and oxygen atoms in total. The van der Waals surface area contributed by atoms with Gasteiger partial charge in [-0.3, -0.25) is 4.79 Å². The lowest BCUT2D eigenvalue weighted by Crippen LogP contribution is -2.18. The summed E-state index contributed by atoms with van der Waals surface area (Å²) in [6.07, 6.45) is 4.43. The Morgan fingerprint density at radius 2 is 1.82 bits per heavy atom. The second-order valence-corrected chi connectivity index (χ2v) is 5.11. The molecule has 0 saturated carbocycles. The number of aromatic nitrogens is 3. The van der Waals surface area contributed by atoms with Crippen molar-refractivity contribution in [1.29, 1.82) is 0 Å². The molecule has 112 valence electrons. The van der Waals surface area contributed by atoms with Crippen LogP contribution in [0.4, 0.5) is 0 Å². The van der Waals surface area contributed by atoms with Gasteiger partial charge in [0.05, 0.1) is 0 Å². The summed E-state index contributed by atoms with van der Waals surface area (Å²) in [5, 5.41) is 3.97. The van der Waals surface area contributed by atoms with Crippen LogP contribution in [0.5, 0.6) is 0 Å². The minimum Gasteiger partial charge on any atom is -0.337 e. The van der Waals surface area contributed by atoms with E-state index in [0.29, 0.717) is 18.3 Å². The van der Waals surface area contributed by atoms with Gasteiger partial charge in [0.25, 0.3) is 5.56 Å². The minimum atomic E-state index is -0.0775. The number of benzene rings is 1. The molecule has 2 aromatic heterocycles. The van der Waals surface area contributed by atoms with Gasteiger partial charge < -0.3 is 9.09 Å². The Hall–Kier alpha value is -2.69. The van der Waals surface area contributed by atoms with Crippen molar-refractivity contribution in [2.24, 2.45) is 0 Å². The fourth-order valence-electron chi connectivity index (χ4n) is 2.29. The van der Waals surface area contributed by atoms with E-state index in [2.05, 4.69) is 22.3 Å². The van der Waals surface area contributed by atoms with Gasteiger partial charge in [-0.2, -0.15) is 4.98 Å². The molecule has 0 atom stereocenters. The third kappa shape index (κ3) is 3.69. The van der Waals surface area contributed by atoms with Crippen LogP contribution in [0.3, 0.4) is 0 Å². The zero-order chi connectivity index (χ0) is 15.2. The highest BCUT2D eigenvalue weighted by atomic mass is 16.5. The SMILES string of the molecule is O=c1ccccn1Cc1nc(CCCc2ccccc2)no1. The minimum absolute atomic E-state index is 0.0775. The molecule has 0 unspecified atom stereocenters. The summed E-state index contributed by atoms with van der Waals surface area (Å²) >= 11 is 0. The predicted molar refractivity (Wildman–Crippen MR) is 82.6 cm³/mol. The zero-order valence-corrected chi connectivity index (χ0v) is 12.2. The predicted octanol–water partition coefficient (Wildman–Crippen LogP) is 2.45. The lowest BCUT2D eigenvalue weighted by Gasteiger charge is -1.99. The molecule has 0 aliphatic carbocycles. The van der Waals surface area contributed by atoms with E-state index >= 15 is 0 Å². The molecule has 0 N–H and O–H groups in total. The Kier molecular flexibility index (Phi) is 4.44. The standard InChI is InChI=1S/C17H17N3O2/c21-17-11-4-5-12-20(17)13-16-18-15(19-22-16)10-6-9-14-7-2-1-3-8-14/h1-5,7-8,11-12H,6,9-10,13H2. The highest BCUT2D eigenvalue weighted by molar-refractivity contribution is 5.14. The van der Waals surface area contributed by atoms with E-state index in [1.807, 2.05) is 18.2 Å². The van der Waals surface area contributed by atoms with E-state index in [-0.39, 0.29) is 5.56 Å². The van der Waals surface area contributed by atoms with Gasteiger partial charge in [0.1, 0.15) is 6.54 Å². The summed E-state index contributed by atoms with van der Waals surface area (Å²) < 4.78 is 6.75. The fraction of sp³-hybridized carbons (Fsp3) is 0.235. The first-order valence-electron chi connectivity index (χ1n) is 7.32. The van der Waals surface area contributed by atoms with Gasteiger partial charge in [-0.15, -0.1) is 0 Å². The van der Waals surface area contributed by atoms with E-state index in [0.717, 1.165) is 19.3 Å². The average molecular weight is 295 g/mol. The van der Waals surface area contributed by atoms with Crippen molar-refractivity contribution in [2.75, 3.05) is 0 Å². The van der Waals surface area contributed by atoms with Crippen molar-refractivity contribution in [2.45, 2.75) is 25.8 Å². The van der Waals surface area contributed by atoms with Gasteiger partial charge in [0.15, 0.2) is 5.82 Å². The van der Waals surface area contributed by atoms with Gasteiger partial charge in [0.2, 0.25) is 5.89 Å². The number of rotatable bonds is 6. The van der Waals surface area contributed by atoms with Gasteiger partial charge >= 0.3 is 0 Å². The monoisotopic (exact) mass is 295 g/mol. The second-order valence-electron chi connectivity index (χ2n) is 5.11. The Balaban J connectivity index is 1.55.